The van der Waals surface area contributed by atoms with Crippen molar-refractivity contribution in [1.29, 1.82) is 0 Å². The summed E-state index contributed by atoms with van der Waals surface area (Å²) in [6, 6.07) is 0. The second-order valence-electron chi connectivity index (χ2n) is 3.14. The van der Waals surface area contributed by atoms with E-state index in [9.17, 15) is 0 Å². The van der Waals surface area contributed by atoms with Gasteiger partial charge in [-0.25, -0.2) is 0 Å². The predicted molar refractivity (Wildman–Crippen MR) is 55.5 cm³/mol. The number of hydrogen-bond acceptors (Lipinski definition) is 2. The van der Waals surface area contributed by atoms with Crippen LogP contribution in [-0.2, 0) is 17.9 Å². The third kappa shape index (κ3) is 3.12. The van der Waals surface area contributed by atoms with Gasteiger partial charge in [0.25, 0.3) is 0 Å². The van der Waals surface area contributed by atoms with E-state index in [4.69, 9.17) is 4.74 Å². The number of nitrogens with zero attached hydrogens (tertiary/aromatic N) is 2. The predicted octanol–water partition coefficient (Wildman–Crippen LogP) is 2.59. The van der Waals surface area contributed by atoms with Crippen LogP contribution in [0.3, 0.4) is 0 Å². The fraction of sp³-hybridized carbons (Fsp3) is 0.667. The van der Waals surface area contributed by atoms with Gasteiger partial charge in [0, 0.05) is 12.7 Å². The highest BCUT2D eigenvalue weighted by Crippen LogP contribution is 2.16. The molecule has 3 nitrogen and oxygen atoms in total. The molecule has 0 fully saturated rings. The summed E-state index contributed by atoms with van der Waals surface area (Å²) in [6.45, 7) is 7.56. The second kappa shape index (κ2) is 4.77. The summed E-state index contributed by atoms with van der Waals surface area (Å²) in [4.78, 5) is 0. The maximum absolute atomic E-state index is 5.46. The standard InChI is InChI=1S/C9H15BrN2O/c1-4-12-5-8(10)9(11-12)6-13-7(2)3/h5,7H,4,6H2,1-3H3. The Hall–Kier alpha value is -0.350. The smallest absolute Gasteiger partial charge is 0.102 e. The lowest BCUT2D eigenvalue weighted by Gasteiger charge is -2.04. The highest BCUT2D eigenvalue weighted by Gasteiger charge is 2.06. The molecule has 0 radical (unpaired) electrons. The number of rotatable bonds is 4. The highest BCUT2D eigenvalue weighted by atomic mass is 79.9. The van der Waals surface area contributed by atoms with E-state index in [2.05, 4.69) is 28.0 Å². The first-order chi connectivity index (χ1) is 6.13. The van der Waals surface area contributed by atoms with Crippen molar-refractivity contribution in [3.05, 3.63) is 16.4 Å². The summed E-state index contributed by atoms with van der Waals surface area (Å²) in [5.74, 6) is 0. The van der Waals surface area contributed by atoms with E-state index in [0.29, 0.717) is 6.61 Å². The molecule has 0 aliphatic carbocycles. The molecule has 0 bridgehead atoms. The van der Waals surface area contributed by atoms with Crippen LogP contribution in [0.1, 0.15) is 26.5 Å². The minimum atomic E-state index is 0.249. The van der Waals surface area contributed by atoms with Gasteiger partial charge in [0.15, 0.2) is 0 Å². The van der Waals surface area contributed by atoms with Gasteiger partial charge in [-0.2, -0.15) is 5.10 Å². The lowest BCUT2D eigenvalue weighted by atomic mass is 10.4. The molecular weight excluding hydrogens is 232 g/mol. The van der Waals surface area contributed by atoms with Crippen LogP contribution in [0.4, 0.5) is 0 Å². The minimum Gasteiger partial charge on any atom is -0.372 e. The average molecular weight is 247 g/mol. The molecule has 1 aromatic rings. The Bertz CT molecular complexity index is 271. The van der Waals surface area contributed by atoms with Gasteiger partial charge < -0.3 is 4.74 Å². The summed E-state index contributed by atoms with van der Waals surface area (Å²) in [5.41, 5.74) is 0.968. The Labute approximate surface area is 87.2 Å². The summed E-state index contributed by atoms with van der Waals surface area (Å²) in [6.07, 6.45) is 2.22. The number of aromatic nitrogens is 2. The summed E-state index contributed by atoms with van der Waals surface area (Å²) < 4.78 is 8.38. The maximum atomic E-state index is 5.46. The summed E-state index contributed by atoms with van der Waals surface area (Å²) >= 11 is 3.44. The van der Waals surface area contributed by atoms with E-state index in [1.165, 1.54) is 0 Å². The Morgan fingerprint density at radius 2 is 2.31 bits per heavy atom. The number of ether oxygens (including phenoxy) is 1. The van der Waals surface area contributed by atoms with Gasteiger partial charge in [-0.15, -0.1) is 0 Å². The van der Waals surface area contributed by atoms with Crippen molar-refractivity contribution in [3.8, 4) is 0 Å². The Kier molecular flexibility index (Phi) is 3.93. The van der Waals surface area contributed by atoms with E-state index in [1.54, 1.807) is 0 Å². The zero-order valence-corrected chi connectivity index (χ0v) is 9.84. The molecule has 13 heavy (non-hydrogen) atoms. The van der Waals surface area contributed by atoms with E-state index >= 15 is 0 Å². The molecule has 74 valence electrons. The van der Waals surface area contributed by atoms with Crippen molar-refractivity contribution in [3.63, 3.8) is 0 Å². The number of aryl methyl sites for hydroxylation is 1. The Morgan fingerprint density at radius 1 is 1.62 bits per heavy atom. The van der Waals surface area contributed by atoms with Gasteiger partial charge in [-0.3, -0.25) is 4.68 Å². The molecular formula is C9H15BrN2O. The molecule has 0 saturated carbocycles. The second-order valence-corrected chi connectivity index (χ2v) is 3.99. The third-order valence-corrected chi connectivity index (χ3v) is 2.33. The van der Waals surface area contributed by atoms with Crippen LogP contribution >= 0.6 is 15.9 Å². The molecule has 0 atom stereocenters. The molecule has 0 amide bonds. The van der Waals surface area contributed by atoms with Crippen LogP contribution in [0.15, 0.2) is 10.7 Å². The zero-order valence-electron chi connectivity index (χ0n) is 8.25. The highest BCUT2D eigenvalue weighted by molar-refractivity contribution is 9.10. The van der Waals surface area contributed by atoms with Gasteiger partial charge in [-0.05, 0) is 36.7 Å². The van der Waals surface area contributed by atoms with Crippen LogP contribution < -0.4 is 0 Å². The van der Waals surface area contributed by atoms with Crippen molar-refractivity contribution in [2.24, 2.45) is 0 Å². The molecule has 0 aliphatic rings. The first-order valence-electron chi connectivity index (χ1n) is 4.47. The van der Waals surface area contributed by atoms with Crippen molar-refractivity contribution in [2.45, 2.75) is 40.0 Å². The van der Waals surface area contributed by atoms with Crippen molar-refractivity contribution >= 4 is 15.9 Å². The van der Waals surface area contributed by atoms with Gasteiger partial charge >= 0.3 is 0 Å². The molecule has 0 unspecified atom stereocenters. The Morgan fingerprint density at radius 3 is 2.77 bits per heavy atom. The van der Waals surface area contributed by atoms with Crippen LogP contribution in [0.5, 0.6) is 0 Å². The van der Waals surface area contributed by atoms with Crippen LogP contribution in [0.25, 0.3) is 0 Å². The molecule has 4 heteroatoms. The molecule has 1 heterocycles. The molecule has 0 N–H and O–H groups in total. The molecule has 0 saturated heterocycles. The largest absolute Gasteiger partial charge is 0.372 e. The third-order valence-electron chi connectivity index (χ3n) is 1.66. The zero-order chi connectivity index (χ0) is 9.84. The normalized spacial score (nSPS) is 11.2. The minimum absolute atomic E-state index is 0.249. The van der Waals surface area contributed by atoms with Gasteiger partial charge in [0.2, 0.25) is 0 Å². The number of halogens is 1. The SMILES string of the molecule is CCn1cc(Br)c(COC(C)C)n1. The first kappa shape index (κ1) is 10.7. The van der Waals surface area contributed by atoms with Crippen molar-refractivity contribution in [2.75, 3.05) is 0 Å². The van der Waals surface area contributed by atoms with Gasteiger partial charge in [0.1, 0.15) is 5.69 Å². The summed E-state index contributed by atoms with van der Waals surface area (Å²) in [7, 11) is 0. The molecule has 0 spiro atoms. The molecule has 1 aromatic heterocycles. The van der Waals surface area contributed by atoms with Crippen molar-refractivity contribution in [1.82, 2.24) is 9.78 Å². The molecule has 1 rings (SSSR count). The van der Waals surface area contributed by atoms with Crippen LogP contribution in [0.2, 0.25) is 0 Å². The van der Waals surface area contributed by atoms with E-state index in [1.807, 2.05) is 24.7 Å². The van der Waals surface area contributed by atoms with E-state index in [0.717, 1.165) is 16.7 Å². The topological polar surface area (TPSA) is 27.1 Å². The monoisotopic (exact) mass is 246 g/mol. The molecule has 0 aromatic carbocycles. The van der Waals surface area contributed by atoms with E-state index in [-0.39, 0.29) is 6.10 Å². The fourth-order valence-corrected chi connectivity index (χ4v) is 1.37. The van der Waals surface area contributed by atoms with Gasteiger partial charge in [0.05, 0.1) is 17.2 Å². The molecule has 0 aliphatic heterocycles. The fourth-order valence-electron chi connectivity index (χ4n) is 0.942. The maximum Gasteiger partial charge on any atom is 0.102 e. The van der Waals surface area contributed by atoms with Gasteiger partial charge in [-0.1, -0.05) is 0 Å². The van der Waals surface area contributed by atoms with E-state index < -0.39 is 0 Å². The first-order valence-corrected chi connectivity index (χ1v) is 5.26. The summed E-state index contributed by atoms with van der Waals surface area (Å²) in [5, 5.41) is 4.35. The average Bonchev–Trinajstić information content (AvgIpc) is 2.43. The quantitative estimate of drug-likeness (QED) is 0.817. The van der Waals surface area contributed by atoms with Crippen LogP contribution in [-0.4, -0.2) is 15.9 Å². The Balaban J connectivity index is 2.60. The lowest BCUT2D eigenvalue weighted by Crippen LogP contribution is -2.04. The van der Waals surface area contributed by atoms with Crippen LogP contribution in [0, 0.1) is 0 Å². The number of hydrogen-bond donors (Lipinski definition) is 0. The lowest BCUT2D eigenvalue weighted by molar-refractivity contribution is 0.0629. The van der Waals surface area contributed by atoms with Crippen molar-refractivity contribution < 1.29 is 4.74 Å².